The fourth-order valence-electron chi connectivity index (χ4n) is 6.20. The zero-order valence-corrected chi connectivity index (χ0v) is 15.1. The van der Waals surface area contributed by atoms with Gasteiger partial charge in [0.1, 0.15) is 0 Å². The Labute approximate surface area is 156 Å². The van der Waals surface area contributed by atoms with E-state index in [4.69, 9.17) is 9.73 Å². The summed E-state index contributed by atoms with van der Waals surface area (Å²) in [6.07, 6.45) is 4.03. The number of allylic oxidation sites excluding steroid dienone is 1. The molecule has 2 aliphatic carbocycles. The van der Waals surface area contributed by atoms with E-state index in [1.165, 1.54) is 18.4 Å². The average Bonchev–Trinajstić information content (AvgIpc) is 3.03. The monoisotopic (exact) mass is 367 g/mol. The predicted molar refractivity (Wildman–Crippen MR) is 97.6 cm³/mol. The van der Waals surface area contributed by atoms with E-state index in [1.807, 2.05) is 37.3 Å². The highest BCUT2D eigenvalue weighted by Crippen LogP contribution is 2.66. The largest absolute Gasteiger partial charge is 0.469 e. The van der Waals surface area contributed by atoms with Crippen LogP contribution in [0.25, 0.3) is 0 Å². The number of para-hydroxylation sites is 1. The van der Waals surface area contributed by atoms with Crippen molar-refractivity contribution in [3.8, 4) is 0 Å². The number of nitrogens with zero attached hydrogens (tertiary/aromatic N) is 3. The van der Waals surface area contributed by atoms with E-state index in [1.54, 1.807) is 0 Å². The summed E-state index contributed by atoms with van der Waals surface area (Å²) in [6, 6.07) is 7.14. The van der Waals surface area contributed by atoms with Crippen molar-refractivity contribution in [3.05, 3.63) is 41.5 Å². The fourth-order valence-corrected chi connectivity index (χ4v) is 6.20. The Kier molecular flexibility index (Phi) is 3.39. The first kappa shape index (κ1) is 16.6. The summed E-state index contributed by atoms with van der Waals surface area (Å²) in [6.45, 7) is 1.92. The summed E-state index contributed by atoms with van der Waals surface area (Å²) in [5.74, 6) is -1.24. The van der Waals surface area contributed by atoms with Gasteiger partial charge in [0, 0.05) is 12.1 Å². The number of hydrogen-bond acceptors (Lipinski definition) is 7. The van der Waals surface area contributed by atoms with Gasteiger partial charge in [0.15, 0.2) is 0 Å². The molecule has 2 unspecified atom stereocenters. The third-order valence-corrected chi connectivity index (χ3v) is 6.96. The van der Waals surface area contributed by atoms with Gasteiger partial charge in [0.05, 0.1) is 41.9 Å². The van der Waals surface area contributed by atoms with E-state index in [0.29, 0.717) is 6.42 Å². The Hall–Kier alpha value is -2.51. The second-order valence-electron chi connectivity index (χ2n) is 7.65. The first-order chi connectivity index (χ1) is 13.1. The third-order valence-electron chi connectivity index (χ3n) is 6.96. The molecule has 2 saturated heterocycles. The van der Waals surface area contributed by atoms with Crippen LogP contribution in [0.3, 0.4) is 0 Å². The number of carbonyl (C=O) groups excluding carboxylic acids is 1. The van der Waals surface area contributed by atoms with Gasteiger partial charge in [-0.05, 0) is 30.9 Å². The molecule has 7 heteroatoms. The predicted octanol–water partition coefficient (Wildman–Crippen LogP) is 2.30. The number of fused-ring (bicyclic) bond motifs is 1. The quantitative estimate of drug-likeness (QED) is 0.275. The topological polar surface area (TPSA) is 94.7 Å². The van der Waals surface area contributed by atoms with E-state index in [0.717, 1.165) is 22.5 Å². The standard InChI is InChI=1S/C20H21N3O4/c1-3-10-11-8-15-18-20(16(11)19(24)27-2,12-6-4-5-7-14(12)22-18)13(9-21-25)17(10)23(15)26/h3-7,9,11,13,15-17,25-26H,8H2,1-2H3/b10-3+,21-9-/t11-,13+,15-,16?,17?,20+/m0/s1. The Morgan fingerprint density at radius 3 is 2.93 bits per heavy atom. The van der Waals surface area contributed by atoms with Crippen LogP contribution in [0.5, 0.6) is 0 Å². The molecule has 7 nitrogen and oxygen atoms in total. The van der Waals surface area contributed by atoms with Crippen LogP contribution in [0.4, 0.5) is 5.69 Å². The molecule has 0 amide bonds. The van der Waals surface area contributed by atoms with Gasteiger partial charge in [0.25, 0.3) is 0 Å². The second kappa shape index (κ2) is 5.50. The number of ether oxygens (including phenoxy) is 1. The summed E-state index contributed by atoms with van der Waals surface area (Å²) in [4.78, 5) is 17.9. The van der Waals surface area contributed by atoms with Gasteiger partial charge in [-0.3, -0.25) is 9.79 Å². The Morgan fingerprint density at radius 2 is 2.22 bits per heavy atom. The normalized spacial score (nSPS) is 40.3. The number of carbonyl (C=O) groups is 1. The summed E-state index contributed by atoms with van der Waals surface area (Å²) in [5.41, 5.74) is 2.75. The molecule has 6 atom stereocenters. The van der Waals surface area contributed by atoms with E-state index in [-0.39, 0.29) is 24.0 Å². The van der Waals surface area contributed by atoms with Crippen LogP contribution >= 0.6 is 0 Å². The highest BCUT2D eigenvalue weighted by Gasteiger charge is 2.73. The number of esters is 1. The zero-order valence-electron chi connectivity index (χ0n) is 15.1. The molecule has 0 radical (unpaired) electrons. The molecule has 3 aliphatic heterocycles. The SMILES string of the molecule is C/C=C1/C2[C@@H](/C=N\O)[C@]34C(=Nc5ccccc53)[C@H](C[C@@H]1C4C(=O)OC)N2O. The first-order valence-corrected chi connectivity index (χ1v) is 9.18. The van der Waals surface area contributed by atoms with Crippen molar-refractivity contribution in [1.29, 1.82) is 0 Å². The second-order valence-corrected chi connectivity index (χ2v) is 7.65. The van der Waals surface area contributed by atoms with Gasteiger partial charge in [-0.25, -0.2) is 0 Å². The van der Waals surface area contributed by atoms with Crippen molar-refractivity contribution < 1.29 is 19.9 Å². The number of hydrogen-bond donors (Lipinski definition) is 2. The van der Waals surface area contributed by atoms with E-state index >= 15 is 0 Å². The van der Waals surface area contributed by atoms with Gasteiger partial charge in [0.2, 0.25) is 0 Å². The Balaban J connectivity index is 1.87. The van der Waals surface area contributed by atoms with Crippen LogP contribution in [0.15, 0.2) is 46.1 Å². The number of hydroxylamine groups is 2. The number of methoxy groups -OCH3 is 1. The van der Waals surface area contributed by atoms with Crippen molar-refractivity contribution in [3.63, 3.8) is 0 Å². The third kappa shape index (κ3) is 1.72. The van der Waals surface area contributed by atoms with E-state index in [9.17, 15) is 15.2 Å². The van der Waals surface area contributed by atoms with Crippen LogP contribution in [0.1, 0.15) is 18.9 Å². The van der Waals surface area contributed by atoms with Crippen molar-refractivity contribution in [2.45, 2.75) is 30.8 Å². The maximum absolute atomic E-state index is 13.1. The molecule has 140 valence electrons. The molecule has 4 bridgehead atoms. The number of aliphatic imine (C=N–C) groups is 1. The summed E-state index contributed by atoms with van der Waals surface area (Å²) >= 11 is 0. The van der Waals surface area contributed by atoms with Gasteiger partial charge in [-0.2, -0.15) is 5.06 Å². The number of piperidine rings is 2. The van der Waals surface area contributed by atoms with Gasteiger partial charge < -0.3 is 15.2 Å². The van der Waals surface area contributed by atoms with Crippen LogP contribution in [0, 0.1) is 17.8 Å². The van der Waals surface area contributed by atoms with Crippen LogP contribution < -0.4 is 0 Å². The highest BCUT2D eigenvalue weighted by molar-refractivity contribution is 6.12. The van der Waals surface area contributed by atoms with Gasteiger partial charge >= 0.3 is 5.97 Å². The molecule has 0 aromatic heterocycles. The summed E-state index contributed by atoms with van der Waals surface area (Å²) in [7, 11) is 1.41. The van der Waals surface area contributed by atoms with Crippen LogP contribution in [0.2, 0.25) is 0 Å². The van der Waals surface area contributed by atoms with Gasteiger partial charge in [-0.15, -0.1) is 5.16 Å². The fraction of sp³-hybridized carbons (Fsp3) is 0.450. The summed E-state index contributed by atoms with van der Waals surface area (Å²) in [5, 5.41) is 25.1. The maximum Gasteiger partial charge on any atom is 0.310 e. The van der Waals surface area contributed by atoms with Crippen LogP contribution in [-0.2, 0) is 14.9 Å². The van der Waals surface area contributed by atoms with Crippen molar-refractivity contribution in [2.24, 2.45) is 27.9 Å². The first-order valence-electron chi connectivity index (χ1n) is 9.18. The zero-order chi connectivity index (χ0) is 18.9. The maximum atomic E-state index is 13.1. The minimum atomic E-state index is -0.764. The lowest BCUT2D eigenvalue weighted by molar-refractivity contribution is -0.200. The lowest BCUT2D eigenvalue weighted by Gasteiger charge is -2.65. The van der Waals surface area contributed by atoms with Crippen molar-refractivity contribution >= 4 is 23.6 Å². The van der Waals surface area contributed by atoms with Crippen molar-refractivity contribution in [1.82, 2.24) is 5.06 Å². The molecular weight excluding hydrogens is 346 g/mol. The Bertz CT molecular complexity index is 924. The molecule has 2 saturated carbocycles. The smallest absolute Gasteiger partial charge is 0.310 e. The van der Waals surface area contributed by atoms with Crippen molar-refractivity contribution in [2.75, 3.05) is 7.11 Å². The lowest BCUT2D eigenvalue weighted by atomic mass is 9.42. The lowest BCUT2D eigenvalue weighted by Crippen LogP contribution is -2.77. The molecule has 1 aromatic rings. The van der Waals surface area contributed by atoms with Gasteiger partial charge in [-0.1, -0.05) is 29.8 Å². The number of benzene rings is 1. The molecule has 5 aliphatic rings. The van der Waals surface area contributed by atoms with Crippen LogP contribution in [-0.4, -0.2) is 52.6 Å². The number of oxime groups is 1. The van der Waals surface area contributed by atoms with E-state index < -0.39 is 17.3 Å². The molecule has 27 heavy (non-hydrogen) atoms. The summed E-state index contributed by atoms with van der Waals surface area (Å²) < 4.78 is 5.24. The average molecular weight is 367 g/mol. The molecule has 6 rings (SSSR count). The molecule has 3 heterocycles. The molecule has 4 fully saturated rings. The Morgan fingerprint density at radius 1 is 1.44 bits per heavy atom. The minimum absolute atomic E-state index is 0.0469. The highest BCUT2D eigenvalue weighted by atomic mass is 16.5. The number of rotatable bonds is 2. The molecular formula is C20H21N3O4. The minimum Gasteiger partial charge on any atom is -0.469 e. The molecule has 2 N–H and O–H groups in total. The molecule has 1 spiro atoms. The molecule has 1 aromatic carbocycles. The van der Waals surface area contributed by atoms with E-state index in [2.05, 4.69) is 5.16 Å².